The first-order valence-corrected chi connectivity index (χ1v) is 9.27. The molecule has 4 N–H and O–H groups in total. The van der Waals surface area contributed by atoms with E-state index in [1.165, 1.54) is 11.1 Å². The Morgan fingerprint density at radius 2 is 1.78 bits per heavy atom. The fraction of sp³-hybridized carbons (Fsp3) is 0.579. The van der Waals surface area contributed by atoms with Crippen LogP contribution in [0.4, 0.5) is 0 Å². The summed E-state index contributed by atoms with van der Waals surface area (Å²) in [6.07, 6.45) is -1.55. The van der Waals surface area contributed by atoms with Crippen molar-refractivity contribution in [1.82, 2.24) is 14.9 Å². The Morgan fingerprint density at radius 3 is 2.48 bits per heavy atom. The minimum absolute atomic E-state index is 0.154. The van der Waals surface area contributed by atoms with E-state index in [1.807, 2.05) is 4.90 Å². The molecule has 2 aliphatic heterocycles. The van der Waals surface area contributed by atoms with E-state index in [-0.39, 0.29) is 5.92 Å². The van der Waals surface area contributed by atoms with Crippen LogP contribution in [0.2, 0.25) is 0 Å². The van der Waals surface area contributed by atoms with Crippen molar-refractivity contribution in [3.05, 3.63) is 35.7 Å². The Labute approximate surface area is 157 Å². The topological polar surface area (TPSA) is 119 Å². The molecule has 2 aromatic rings. The molecule has 8 nitrogen and oxygen atoms in total. The minimum Gasteiger partial charge on any atom is -0.394 e. The van der Waals surface area contributed by atoms with Gasteiger partial charge in [-0.05, 0) is 35.6 Å². The van der Waals surface area contributed by atoms with Crippen molar-refractivity contribution in [2.24, 2.45) is 0 Å². The fourth-order valence-electron chi connectivity index (χ4n) is 4.17. The second kappa shape index (κ2) is 7.38. The van der Waals surface area contributed by atoms with Crippen LogP contribution in [0.15, 0.2) is 24.5 Å². The Morgan fingerprint density at radius 1 is 1.07 bits per heavy atom. The third-order valence-electron chi connectivity index (χ3n) is 5.66. The van der Waals surface area contributed by atoms with E-state index in [0.717, 1.165) is 17.5 Å². The molecule has 0 radical (unpaired) electrons. The average Bonchev–Trinajstić information content (AvgIpc) is 2.84. The summed E-state index contributed by atoms with van der Waals surface area (Å²) in [5.41, 5.74) is 4.08. The number of aliphatic hydroxyl groups is 4. The summed E-state index contributed by atoms with van der Waals surface area (Å²) in [6.45, 7) is 2.91. The van der Waals surface area contributed by atoms with Crippen LogP contribution in [-0.2, 0) is 11.2 Å². The summed E-state index contributed by atoms with van der Waals surface area (Å²) in [5, 5.41) is 40.0. The van der Waals surface area contributed by atoms with Crippen LogP contribution in [0.5, 0.6) is 0 Å². The van der Waals surface area contributed by atoms with Crippen molar-refractivity contribution in [3.63, 3.8) is 0 Å². The summed E-state index contributed by atoms with van der Waals surface area (Å²) in [5.74, 6) is 0.154. The highest BCUT2D eigenvalue weighted by Gasteiger charge is 2.46. The van der Waals surface area contributed by atoms with E-state index in [9.17, 15) is 20.4 Å². The molecule has 3 heterocycles. The van der Waals surface area contributed by atoms with Crippen molar-refractivity contribution in [2.45, 2.75) is 49.9 Å². The van der Waals surface area contributed by atoms with Crippen molar-refractivity contribution in [2.75, 3.05) is 19.7 Å². The highest BCUT2D eigenvalue weighted by molar-refractivity contribution is 5.76. The zero-order valence-corrected chi connectivity index (χ0v) is 15.1. The standard InChI is InChI=1S/C19H25N3O5/c1-10-8-22(19-18(26)17(25)16(24)15(9-23)27-19)5-2-11-6-13-14(7-12(10)11)21-4-3-20-13/h3-4,6-7,10,15-19,23-26H,2,5,8-9H2,1H3. The van der Waals surface area contributed by atoms with Gasteiger partial charge < -0.3 is 25.2 Å². The molecule has 0 aliphatic carbocycles. The first-order valence-electron chi connectivity index (χ1n) is 9.27. The number of aromatic nitrogens is 2. The molecule has 0 bridgehead atoms. The van der Waals surface area contributed by atoms with Crippen molar-refractivity contribution in [3.8, 4) is 0 Å². The van der Waals surface area contributed by atoms with Gasteiger partial charge in [-0.2, -0.15) is 0 Å². The van der Waals surface area contributed by atoms with E-state index in [2.05, 4.69) is 29.0 Å². The van der Waals surface area contributed by atoms with E-state index in [1.54, 1.807) is 12.4 Å². The van der Waals surface area contributed by atoms with Gasteiger partial charge in [0.15, 0.2) is 0 Å². The largest absolute Gasteiger partial charge is 0.394 e. The molecule has 0 saturated carbocycles. The first-order chi connectivity index (χ1) is 13.0. The predicted molar refractivity (Wildman–Crippen MR) is 97.0 cm³/mol. The van der Waals surface area contributed by atoms with Gasteiger partial charge in [-0.1, -0.05) is 6.92 Å². The van der Waals surface area contributed by atoms with Gasteiger partial charge in [-0.3, -0.25) is 14.9 Å². The van der Waals surface area contributed by atoms with E-state index in [0.29, 0.717) is 13.1 Å². The van der Waals surface area contributed by atoms with Gasteiger partial charge in [0, 0.05) is 25.5 Å². The van der Waals surface area contributed by atoms with Crippen molar-refractivity contribution >= 4 is 11.0 Å². The third kappa shape index (κ3) is 3.33. The Hall–Kier alpha value is -1.68. The van der Waals surface area contributed by atoms with Gasteiger partial charge in [0.1, 0.15) is 30.6 Å². The lowest BCUT2D eigenvalue weighted by Gasteiger charge is -2.44. The van der Waals surface area contributed by atoms with Crippen molar-refractivity contribution < 1.29 is 25.2 Å². The number of hydrogen-bond acceptors (Lipinski definition) is 8. The summed E-state index contributed by atoms with van der Waals surface area (Å²) in [4.78, 5) is 10.7. The predicted octanol–water partition coefficient (Wildman–Crippen LogP) is -0.609. The van der Waals surface area contributed by atoms with Crippen LogP contribution in [0, 0.1) is 0 Å². The SMILES string of the molecule is CC1CN(C2OC(CO)C(O)C(O)C2O)CCc2cc3nccnc3cc21. The highest BCUT2D eigenvalue weighted by Crippen LogP contribution is 2.31. The molecule has 0 spiro atoms. The maximum absolute atomic E-state index is 10.4. The molecule has 6 unspecified atom stereocenters. The molecule has 27 heavy (non-hydrogen) atoms. The second-order valence-electron chi connectivity index (χ2n) is 7.46. The van der Waals surface area contributed by atoms with Gasteiger partial charge in [-0.25, -0.2) is 0 Å². The molecular weight excluding hydrogens is 350 g/mol. The number of benzene rings is 1. The number of ether oxygens (including phenoxy) is 1. The van der Waals surface area contributed by atoms with Crippen LogP contribution < -0.4 is 0 Å². The van der Waals surface area contributed by atoms with Crippen LogP contribution in [0.3, 0.4) is 0 Å². The van der Waals surface area contributed by atoms with Gasteiger partial charge in [0.05, 0.1) is 17.6 Å². The summed E-state index contributed by atoms with van der Waals surface area (Å²) in [7, 11) is 0. The normalized spacial score (nSPS) is 35.0. The lowest BCUT2D eigenvalue weighted by molar-refractivity contribution is -0.265. The van der Waals surface area contributed by atoms with E-state index in [4.69, 9.17) is 4.74 Å². The Kier molecular flexibility index (Phi) is 5.11. The van der Waals surface area contributed by atoms with Gasteiger partial charge >= 0.3 is 0 Å². The Bertz CT molecular complexity index is 817. The molecule has 2 aliphatic rings. The molecule has 0 amide bonds. The summed E-state index contributed by atoms with van der Waals surface area (Å²) < 4.78 is 5.74. The molecule has 8 heteroatoms. The zero-order chi connectivity index (χ0) is 19.1. The van der Waals surface area contributed by atoms with Crippen LogP contribution >= 0.6 is 0 Å². The van der Waals surface area contributed by atoms with Gasteiger partial charge in [0.25, 0.3) is 0 Å². The maximum atomic E-state index is 10.4. The highest BCUT2D eigenvalue weighted by atomic mass is 16.6. The molecule has 1 saturated heterocycles. The zero-order valence-electron chi connectivity index (χ0n) is 15.1. The molecule has 6 atom stereocenters. The van der Waals surface area contributed by atoms with Gasteiger partial charge in [-0.15, -0.1) is 0 Å². The fourth-order valence-corrected chi connectivity index (χ4v) is 4.17. The number of nitrogens with zero attached hydrogens (tertiary/aromatic N) is 3. The molecular formula is C19H25N3O5. The summed E-state index contributed by atoms with van der Waals surface area (Å²) in [6, 6.07) is 4.13. The molecule has 1 aromatic heterocycles. The molecule has 1 aromatic carbocycles. The lowest BCUT2D eigenvalue weighted by Crippen LogP contribution is -2.63. The van der Waals surface area contributed by atoms with Crippen LogP contribution in [0.25, 0.3) is 11.0 Å². The number of hydrogen-bond donors (Lipinski definition) is 4. The van der Waals surface area contributed by atoms with Gasteiger partial charge in [0.2, 0.25) is 0 Å². The number of aliphatic hydroxyl groups excluding tert-OH is 4. The second-order valence-corrected chi connectivity index (χ2v) is 7.46. The number of fused-ring (bicyclic) bond motifs is 2. The lowest BCUT2D eigenvalue weighted by atomic mass is 9.94. The van der Waals surface area contributed by atoms with Crippen molar-refractivity contribution in [1.29, 1.82) is 0 Å². The molecule has 146 valence electrons. The first kappa shape index (κ1) is 18.7. The minimum atomic E-state index is -1.36. The van der Waals surface area contributed by atoms with E-state index < -0.39 is 37.3 Å². The molecule has 4 rings (SSSR count). The quantitative estimate of drug-likeness (QED) is 0.549. The average molecular weight is 375 g/mol. The number of rotatable bonds is 2. The Balaban J connectivity index is 1.61. The monoisotopic (exact) mass is 375 g/mol. The molecule has 1 fully saturated rings. The van der Waals surface area contributed by atoms with E-state index >= 15 is 0 Å². The maximum Gasteiger partial charge on any atom is 0.140 e. The third-order valence-corrected chi connectivity index (χ3v) is 5.66. The smallest absolute Gasteiger partial charge is 0.140 e. The summed E-state index contributed by atoms with van der Waals surface area (Å²) >= 11 is 0. The van der Waals surface area contributed by atoms with Crippen LogP contribution in [-0.4, -0.2) is 85.6 Å². The van der Waals surface area contributed by atoms with Crippen LogP contribution in [0.1, 0.15) is 24.0 Å².